The number of hydrogen-bond donors (Lipinski definition) is 0. The smallest absolute Gasteiger partial charge is 0.222 e. The van der Waals surface area contributed by atoms with E-state index in [1.54, 1.807) is 11.3 Å². The Hall–Kier alpha value is -1.13. The van der Waals surface area contributed by atoms with Crippen LogP contribution in [0.3, 0.4) is 0 Å². The predicted molar refractivity (Wildman–Crippen MR) is 90.2 cm³/mol. The topological polar surface area (TPSA) is 20.3 Å². The molecule has 1 saturated heterocycles. The van der Waals surface area contributed by atoms with Gasteiger partial charge in [0.15, 0.2) is 0 Å². The van der Waals surface area contributed by atoms with Crippen molar-refractivity contribution < 1.29 is 9.28 Å². The summed E-state index contributed by atoms with van der Waals surface area (Å²) in [6, 6.07) is 2.15. The van der Waals surface area contributed by atoms with Gasteiger partial charge >= 0.3 is 0 Å². The van der Waals surface area contributed by atoms with E-state index in [1.165, 1.54) is 11.1 Å². The molecule has 0 aromatic carbocycles. The van der Waals surface area contributed by atoms with E-state index in [2.05, 4.69) is 44.0 Å². The van der Waals surface area contributed by atoms with Crippen molar-refractivity contribution in [3.8, 4) is 0 Å². The number of thiophene rings is 1. The summed E-state index contributed by atoms with van der Waals surface area (Å²) < 4.78 is 0.931. The molecule has 4 heteroatoms. The number of nitrogens with zero attached hydrogens (tertiary/aromatic N) is 2. The average Bonchev–Trinajstić information content (AvgIpc) is 2.91. The Kier molecular flexibility index (Phi) is 5.59. The van der Waals surface area contributed by atoms with E-state index in [-0.39, 0.29) is 0 Å². The van der Waals surface area contributed by atoms with Gasteiger partial charge < -0.3 is 9.38 Å². The van der Waals surface area contributed by atoms with E-state index < -0.39 is 0 Å². The fourth-order valence-corrected chi connectivity index (χ4v) is 3.26. The van der Waals surface area contributed by atoms with Crippen LogP contribution in [0.2, 0.25) is 0 Å². The summed E-state index contributed by atoms with van der Waals surface area (Å²) in [4.78, 5) is 14.3. The molecular formula is C17H27N2OS+. The Labute approximate surface area is 132 Å². The Bertz CT molecular complexity index is 475. The molecule has 116 valence electrons. The number of piperidine rings is 1. The molecule has 0 unspecified atom stereocenters. The predicted octanol–water partition coefficient (Wildman–Crippen LogP) is 3.24. The first-order valence-corrected chi connectivity index (χ1v) is 8.68. The van der Waals surface area contributed by atoms with Gasteiger partial charge in [-0.25, -0.2) is 0 Å². The van der Waals surface area contributed by atoms with Crippen LogP contribution in [0.4, 0.5) is 0 Å². The zero-order valence-electron chi connectivity index (χ0n) is 13.5. The molecule has 0 saturated carbocycles. The highest BCUT2D eigenvalue weighted by Gasteiger charge is 2.19. The molecule has 1 aromatic rings. The van der Waals surface area contributed by atoms with Crippen LogP contribution in [0.15, 0.2) is 22.4 Å². The lowest BCUT2D eigenvalue weighted by Gasteiger charge is -2.29. The monoisotopic (exact) mass is 307 g/mol. The van der Waals surface area contributed by atoms with E-state index in [9.17, 15) is 4.79 Å². The molecule has 0 spiro atoms. The quantitative estimate of drug-likeness (QED) is 0.765. The third-order valence-corrected chi connectivity index (χ3v) is 4.59. The van der Waals surface area contributed by atoms with Gasteiger partial charge in [0.25, 0.3) is 0 Å². The standard InChI is InChI=1S/C17H27N2OS/c1-19(2,3)11-4-5-17(20)18-9-6-15(7-10-18)13-16-8-12-21-14-16/h8,12-14H,4-7,9-11H2,1-3H3/q+1. The number of hydrogen-bond acceptors (Lipinski definition) is 2. The van der Waals surface area contributed by atoms with Crippen molar-refractivity contribution in [3.05, 3.63) is 28.0 Å². The van der Waals surface area contributed by atoms with E-state index in [0.29, 0.717) is 12.3 Å². The van der Waals surface area contributed by atoms with Crippen LogP contribution in [0.5, 0.6) is 0 Å². The highest BCUT2D eigenvalue weighted by molar-refractivity contribution is 7.08. The first-order valence-electron chi connectivity index (χ1n) is 7.74. The normalized spacial score (nSPS) is 16.1. The van der Waals surface area contributed by atoms with Crippen molar-refractivity contribution in [2.75, 3.05) is 40.8 Å². The lowest BCUT2D eigenvalue weighted by Crippen LogP contribution is -2.38. The number of carbonyl (C=O) groups is 1. The summed E-state index contributed by atoms with van der Waals surface area (Å²) in [5, 5.41) is 4.29. The second-order valence-electron chi connectivity index (χ2n) is 6.86. The Morgan fingerprint density at radius 1 is 1.33 bits per heavy atom. The number of rotatable bonds is 5. The molecule has 0 N–H and O–H groups in total. The highest BCUT2D eigenvalue weighted by Crippen LogP contribution is 2.21. The molecule has 0 radical (unpaired) electrons. The molecule has 21 heavy (non-hydrogen) atoms. The summed E-state index contributed by atoms with van der Waals surface area (Å²) in [5.74, 6) is 0.332. The fraction of sp³-hybridized carbons (Fsp3) is 0.588. The summed E-state index contributed by atoms with van der Waals surface area (Å²) in [6.07, 6.45) is 6.01. The van der Waals surface area contributed by atoms with Crippen molar-refractivity contribution in [1.29, 1.82) is 0 Å². The van der Waals surface area contributed by atoms with E-state index in [1.807, 2.05) is 4.90 Å². The average molecular weight is 307 g/mol. The van der Waals surface area contributed by atoms with Crippen LogP contribution in [0.25, 0.3) is 6.08 Å². The zero-order valence-corrected chi connectivity index (χ0v) is 14.3. The van der Waals surface area contributed by atoms with Gasteiger partial charge in [-0.2, -0.15) is 11.3 Å². The first kappa shape index (κ1) is 16.2. The van der Waals surface area contributed by atoms with E-state index in [0.717, 1.165) is 43.4 Å². The molecule has 0 bridgehead atoms. The molecule has 3 nitrogen and oxygen atoms in total. The highest BCUT2D eigenvalue weighted by atomic mass is 32.1. The van der Waals surface area contributed by atoms with Crippen molar-refractivity contribution in [3.63, 3.8) is 0 Å². The lowest BCUT2D eigenvalue weighted by atomic mass is 10.0. The number of quaternary nitrogens is 1. The van der Waals surface area contributed by atoms with Gasteiger partial charge in [-0.3, -0.25) is 4.79 Å². The molecule has 0 aliphatic carbocycles. The van der Waals surface area contributed by atoms with Crippen LogP contribution < -0.4 is 0 Å². The van der Waals surface area contributed by atoms with E-state index in [4.69, 9.17) is 0 Å². The van der Waals surface area contributed by atoms with Gasteiger partial charge in [-0.05, 0) is 35.2 Å². The molecule has 1 aliphatic rings. The molecule has 1 fully saturated rings. The van der Waals surface area contributed by atoms with Crippen molar-refractivity contribution in [2.24, 2.45) is 0 Å². The maximum Gasteiger partial charge on any atom is 0.222 e. The first-order chi connectivity index (χ1) is 9.94. The lowest BCUT2D eigenvalue weighted by molar-refractivity contribution is -0.870. The van der Waals surface area contributed by atoms with Gasteiger partial charge in [-0.1, -0.05) is 11.6 Å². The van der Waals surface area contributed by atoms with Crippen LogP contribution in [-0.4, -0.2) is 56.1 Å². The summed E-state index contributed by atoms with van der Waals surface area (Å²) in [5.41, 5.74) is 2.78. The molecule has 1 aromatic heterocycles. The summed E-state index contributed by atoms with van der Waals surface area (Å²) in [7, 11) is 6.52. The van der Waals surface area contributed by atoms with Crippen molar-refractivity contribution in [2.45, 2.75) is 25.7 Å². The van der Waals surface area contributed by atoms with Crippen molar-refractivity contribution >= 4 is 23.3 Å². The number of likely N-dealkylation sites (tertiary alicyclic amines) is 1. The summed E-state index contributed by atoms with van der Waals surface area (Å²) in [6.45, 7) is 2.83. The van der Waals surface area contributed by atoms with Gasteiger partial charge in [0.2, 0.25) is 5.91 Å². The minimum atomic E-state index is 0.332. The minimum absolute atomic E-state index is 0.332. The Balaban J connectivity index is 1.74. The van der Waals surface area contributed by atoms with E-state index >= 15 is 0 Å². The SMILES string of the molecule is C[N+](C)(C)CCCC(=O)N1CCC(=Cc2ccsc2)CC1. The molecular weight excluding hydrogens is 280 g/mol. The van der Waals surface area contributed by atoms with Crippen LogP contribution >= 0.6 is 11.3 Å². The van der Waals surface area contributed by atoms with Gasteiger partial charge in [0, 0.05) is 25.9 Å². The molecule has 2 rings (SSSR count). The minimum Gasteiger partial charge on any atom is -0.342 e. The number of carbonyl (C=O) groups excluding carboxylic acids is 1. The number of amides is 1. The fourth-order valence-electron chi connectivity index (χ4n) is 2.64. The second-order valence-corrected chi connectivity index (χ2v) is 7.64. The molecule has 1 amide bonds. The maximum atomic E-state index is 12.2. The third kappa shape index (κ3) is 5.64. The third-order valence-electron chi connectivity index (χ3n) is 3.89. The van der Waals surface area contributed by atoms with Gasteiger partial charge in [0.05, 0.1) is 27.7 Å². The van der Waals surface area contributed by atoms with Crippen LogP contribution in [0.1, 0.15) is 31.2 Å². The molecule has 2 heterocycles. The summed E-state index contributed by atoms with van der Waals surface area (Å²) >= 11 is 1.73. The van der Waals surface area contributed by atoms with Gasteiger partial charge in [-0.15, -0.1) is 0 Å². The molecule has 1 aliphatic heterocycles. The Morgan fingerprint density at radius 3 is 2.62 bits per heavy atom. The van der Waals surface area contributed by atoms with Gasteiger partial charge in [0.1, 0.15) is 0 Å². The zero-order chi connectivity index (χ0) is 15.3. The van der Waals surface area contributed by atoms with Crippen LogP contribution in [-0.2, 0) is 4.79 Å². The Morgan fingerprint density at radius 2 is 2.05 bits per heavy atom. The molecule has 0 atom stereocenters. The second kappa shape index (κ2) is 7.23. The van der Waals surface area contributed by atoms with Crippen molar-refractivity contribution in [1.82, 2.24) is 4.90 Å². The maximum absolute atomic E-state index is 12.2. The largest absolute Gasteiger partial charge is 0.342 e. The van der Waals surface area contributed by atoms with Crippen LogP contribution in [0, 0.1) is 0 Å².